The first-order valence-corrected chi connectivity index (χ1v) is 8.25. The number of hydrogen-bond donors (Lipinski definition) is 0. The van der Waals surface area contributed by atoms with Gasteiger partial charge in [-0.1, -0.05) is 37.3 Å². The maximum absolute atomic E-state index is 12.5. The predicted molar refractivity (Wildman–Crippen MR) is 91.1 cm³/mol. The summed E-state index contributed by atoms with van der Waals surface area (Å²) in [5, 5.41) is 0. The summed E-state index contributed by atoms with van der Waals surface area (Å²) in [6.07, 6.45) is 1.59. The summed E-state index contributed by atoms with van der Waals surface area (Å²) in [4.78, 5) is 19.4. The molecule has 2 heterocycles. The van der Waals surface area contributed by atoms with Crippen LogP contribution in [0.4, 0.5) is 5.95 Å². The van der Waals surface area contributed by atoms with Crippen LogP contribution in [-0.4, -0.2) is 35.9 Å². The molecule has 0 unspecified atom stereocenters. The number of benzene rings is 1. The summed E-state index contributed by atoms with van der Waals surface area (Å²) < 4.78 is 7.22. The van der Waals surface area contributed by atoms with Crippen LogP contribution in [-0.2, 0) is 24.1 Å². The second-order valence-electron chi connectivity index (χ2n) is 5.73. The van der Waals surface area contributed by atoms with Crippen LogP contribution >= 0.6 is 0 Å². The Balaban J connectivity index is 1.89. The molecule has 0 aliphatic carbocycles. The first kappa shape index (κ1) is 15.7. The summed E-state index contributed by atoms with van der Waals surface area (Å²) in [5.41, 5.74) is 2.12. The Morgan fingerprint density at radius 1 is 1.17 bits per heavy atom. The van der Waals surface area contributed by atoms with E-state index < -0.39 is 0 Å². The molecule has 2 aromatic rings. The minimum atomic E-state index is 0.0364. The molecule has 1 fully saturated rings. The van der Waals surface area contributed by atoms with Gasteiger partial charge in [0.2, 0.25) is 5.95 Å². The molecule has 0 N–H and O–H groups in total. The van der Waals surface area contributed by atoms with E-state index in [9.17, 15) is 4.79 Å². The highest BCUT2D eigenvalue weighted by Crippen LogP contribution is 2.13. The van der Waals surface area contributed by atoms with Crippen molar-refractivity contribution >= 4 is 5.95 Å². The molecular formula is C18H23N3O2. The normalized spacial score (nSPS) is 14.9. The van der Waals surface area contributed by atoms with Crippen molar-refractivity contribution in [2.75, 3.05) is 31.2 Å². The quantitative estimate of drug-likeness (QED) is 0.846. The number of morpholine rings is 1. The Morgan fingerprint density at radius 3 is 2.61 bits per heavy atom. The standard InChI is InChI=1S/C18H23N3O2/c1-2-16-14-17(22)21(9-8-15-6-4-3-5-7-15)18(19-16)20-10-12-23-13-11-20/h3-7,14H,2,8-13H2,1H3. The van der Waals surface area contributed by atoms with Crippen molar-refractivity contribution in [1.29, 1.82) is 0 Å². The average Bonchev–Trinajstić information content (AvgIpc) is 2.61. The Labute approximate surface area is 136 Å². The van der Waals surface area contributed by atoms with Gasteiger partial charge in [-0.25, -0.2) is 4.98 Å². The van der Waals surface area contributed by atoms with E-state index in [1.54, 1.807) is 10.6 Å². The van der Waals surface area contributed by atoms with Gasteiger partial charge in [-0.05, 0) is 18.4 Å². The molecule has 0 amide bonds. The number of rotatable bonds is 5. The van der Waals surface area contributed by atoms with Gasteiger partial charge in [0.05, 0.1) is 13.2 Å². The summed E-state index contributed by atoms with van der Waals surface area (Å²) in [5.74, 6) is 0.786. The first-order valence-electron chi connectivity index (χ1n) is 8.25. The van der Waals surface area contributed by atoms with Gasteiger partial charge in [0.25, 0.3) is 5.56 Å². The Kier molecular flexibility index (Phi) is 5.08. The van der Waals surface area contributed by atoms with Crippen LogP contribution in [0, 0.1) is 0 Å². The van der Waals surface area contributed by atoms with Crippen molar-refractivity contribution in [1.82, 2.24) is 9.55 Å². The van der Waals surface area contributed by atoms with E-state index in [4.69, 9.17) is 9.72 Å². The zero-order valence-corrected chi connectivity index (χ0v) is 13.6. The molecule has 1 aromatic carbocycles. The minimum absolute atomic E-state index is 0.0364. The number of aromatic nitrogens is 2. The largest absolute Gasteiger partial charge is 0.378 e. The molecule has 0 spiro atoms. The van der Waals surface area contributed by atoms with Crippen molar-refractivity contribution in [2.24, 2.45) is 0 Å². The number of anilines is 1. The van der Waals surface area contributed by atoms with Crippen LogP contribution in [0.2, 0.25) is 0 Å². The fourth-order valence-electron chi connectivity index (χ4n) is 2.82. The third-order valence-corrected chi connectivity index (χ3v) is 4.16. The highest BCUT2D eigenvalue weighted by Gasteiger charge is 2.18. The topological polar surface area (TPSA) is 47.4 Å². The van der Waals surface area contributed by atoms with Crippen LogP contribution in [0.15, 0.2) is 41.2 Å². The van der Waals surface area contributed by atoms with Crippen LogP contribution < -0.4 is 10.5 Å². The fourth-order valence-corrected chi connectivity index (χ4v) is 2.82. The molecule has 5 heteroatoms. The van der Waals surface area contributed by atoms with E-state index in [0.717, 1.165) is 37.6 Å². The number of ether oxygens (including phenoxy) is 1. The fraction of sp³-hybridized carbons (Fsp3) is 0.444. The highest BCUT2D eigenvalue weighted by atomic mass is 16.5. The van der Waals surface area contributed by atoms with Gasteiger partial charge in [-0.3, -0.25) is 9.36 Å². The SMILES string of the molecule is CCc1cc(=O)n(CCc2ccccc2)c(N2CCOCC2)n1. The van der Waals surface area contributed by atoms with E-state index in [2.05, 4.69) is 17.0 Å². The maximum atomic E-state index is 12.5. The van der Waals surface area contributed by atoms with Gasteiger partial charge in [-0.15, -0.1) is 0 Å². The lowest BCUT2D eigenvalue weighted by atomic mass is 10.1. The van der Waals surface area contributed by atoms with E-state index in [1.165, 1.54) is 5.56 Å². The van der Waals surface area contributed by atoms with E-state index in [-0.39, 0.29) is 5.56 Å². The molecule has 23 heavy (non-hydrogen) atoms. The summed E-state index contributed by atoms with van der Waals surface area (Å²) in [6.45, 7) is 5.61. The van der Waals surface area contributed by atoms with Crippen molar-refractivity contribution < 1.29 is 4.74 Å². The van der Waals surface area contributed by atoms with E-state index in [1.807, 2.05) is 25.1 Å². The molecular weight excluding hydrogens is 290 g/mol. The van der Waals surface area contributed by atoms with Crippen molar-refractivity contribution in [2.45, 2.75) is 26.3 Å². The molecule has 3 rings (SSSR count). The zero-order valence-electron chi connectivity index (χ0n) is 13.6. The minimum Gasteiger partial charge on any atom is -0.378 e. The lowest BCUT2D eigenvalue weighted by Gasteiger charge is -2.30. The van der Waals surface area contributed by atoms with Crippen molar-refractivity contribution in [3.8, 4) is 0 Å². The number of hydrogen-bond acceptors (Lipinski definition) is 4. The van der Waals surface area contributed by atoms with Gasteiger partial charge in [0.15, 0.2) is 0 Å². The van der Waals surface area contributed by atoms with Crippen LogP contribution in [0.25, 0.3) is 0 Å². The zero-order chi connectivity index (χ0) is 16.1. The molecule has 5 nitrogen and oxygen atoms in total. The molecule has 0 atom stereocenters. The lowest BCUT2D eigenvalue weighted by molar-refractivity contribution is 0.121. The molecule has 1 aliphatic rings. The molecule has 0 radical (unpaired) electrons. The van der Waals surface area contributed by atoms with Gasteiger partial charge in [0, 0.05) is 31.4 Å². The van der Waals surface area contributed by atoms with Crippen LogP contribution in [0.3, 0.4) is 0 Å². The molecule has 122 valence electrons. The monoisotopic (exact) mass is 313 g/mol. The number of nitrogens with zero attached hydrogens (tertiary/aromatic N) is 3. The molecule has 0 saturated carbocycles. The number of aryl methyl sites for hydroxylation is 2. The van der Waals surface area contributed by atoms with E-state index in [0.29, 0.717) is 19.8 Å². The predicted octanol–water partition coefficient (Wildman–Crippen LogP) is 1.89. The Morgan fingerprint density at radius 2 is 1.91 bits per heavy atom. The van der Waals surface area contributed by atoms with Crippen LogP contribution in [0.1, 0.15) is 18.2 Å². The van der Waals surface area contributed by atoms with Crippen LogP contribution in [0.5, 0.6) is 0 Å². The molecule has 1 aliphatic heterocycles. The summed E-state index contributed by atoms with van der Waals surface area (Å²) in [6, 6.07) is 11.9. The first-order chi connectivity index (χ1) is 11.3. The van der Waals surface area contributed by atoms with Crippen molar-refractivity contribution in [3.63, 3.8) is 0 Å². The molecule has 0 bridgehead atoms. The average molecular weight is 313 g/mol. The van der Waals surface area contributed by atoms with Gasteiger partial charge in [-0.2, -0.15) is 0 Å². The third-order valence-electron chi connectivity index (χ3n) is 4.16. The van der Waals surface area contributed by atoms with Gasteiger partial charge < -0.3 is 9.64 Å². The summed E-state index contributed by atoms with van der Waals surface area (Å²) in [7, 11) is 0. The Hall–Kier alpha value is -2.14. The highest BCUT2D eigenvalue weighted by molar-refractivity contribution is 5.33. The summed E-state index contributed by atoms with van der Waals surface area (Å²) >= 11 is 0. The van der Waals surface area contributed by atoms with E-state index >= 15 is 0 Å². The smallest absolute Gasteiger partial charge is 0.255 e. The van der Waals surface area contributed by atoms with Gasteiger partial charge >= 0.3 is 0 Å². The Bertz CT molecular complexity index is 691. The lowest BCUT2D eigenvalue weighted by Crippen LogP contribution is -2.41. The second-order valence-corrected chi connectivity index (χ2v) is 5.73. The second kappa shape index (κ2) is 7.42. The molecule has 1 aromatic heterocycles. The third kappa shape index (κ3) is 3.79. The van der Waals surface area contributed by atoms with Crippen molar-refractivity contribution in [3.05, 3.63) is 58.0 Å². The molecule has 1 saturated heterocycles. The van der Waals surface area contributed by atoms with Gasteiger partial charge in [0.1, 0.15) is 0 Å². The maximum Gasteiger partial charge on any atom is 0.255 e.